The van der Waals surface area contributed by atoms with Crippen molar-refractivity contribution in [2.45, 2.75) is 52.2 Å². The van der Waals surface area contributed by atoms with Crippen molar-refractivity contribution in [1.29, 1.82) is 0 Å². The molecule has 0 radical (unpaired) electrons. The van der Waals surface area contributed by atoms with E-state index in [-0.39, 0.29) is 24.4 Å². The number of nitrogens with zero attached hydrogens (tertiary/aromatic N) is 1. The SMILES string of the molecule is CCc1[c-]n(COCC2CCCCC2)c(=S)[nH]c1=O.[Li+]. The summed E-state index contributed by atoms with van der Waals surface area (Å²) in [4.78, 5) is 14.2. The second-order valence-electron chi connectivity index (χ2n) is 5.14. The summed E-state index contributed by atoms with van der Waals surface area (Å²) in [5, 5.41) is 0. The minimum absolute atomic E-state index is 0. The smallest absolute Gasteiger partial charge is 0.412 e. The Morgan fingerprint density at radius 2 is 2.10 bits per heavy atom. The Hall–Kier alpha value is -0.343. The average Bonchev–Trinajstić information content (AvgIpc) is 2.42. The van der Waals surface area contributed by atoms with Crippen molar-refractivity contribution >= 4 is 12.2 Å². The minimum atomic E-state index is -0.143. The molecule has 0 bridgehead atoms. The molecule has 0 atom stereocenters. The molecule has 1 heterocycles. The van der Waals surface area contributed by atoms with Gasteiger partial charge < -0.3 is 19.1 Å². The Balaban J connectivity index is 0.00000200. The molecule has 0 spiro atoms. The monoisotopic (exact) mass is 288 g/mol. The number of aromatic nitrogens is 2. The van der Waals surface area contributed by atoms with Gasteiger partial charge in [-0.15, -0.1) is 12.2 Å². The van der Waals surface area contributed by atoms with Crippen molar-refractivity contribution < 1.29 is 23.6 Å². The molecule has 1 aromatic rings. The van der Waals surface area contributed by atoms with Crippen LogP contribution >= 0.6 is 12.2 Å². The first kappa shape index (κ1) is 17.7. The summed E-state index contributed by atoms with van der Waals surface area (Å²) < 4.78 is 7.78. The minimum Gasteiger partial charge on any atom is -0.412 e. The Labute approximate surface area is 137 Å². The quantitative estimate of drug-likeness (QED) is 0.465. The topological polar surface area (TPSA) is 47.0 Å². The van der Waals surface area contributed by atoms with Gasteiger partial charge in [0.25, 0.3) is 0 Å². The van der Waals surface area contributed by atoms with Crippen LogP contribution in [0.15, 0.2) is 4.79 Å². The molecule has 106 valence electrons. The third-order valence-corrected chi connectivity index (χ3v) is 3.98. The summed E-state index contributed by atoms with van der Waals surface area (Å²) in [7, 11) is 0. The summed E-state index contributed by atoms with van der Waals surface area (Å²) >= 11 is 5.11. The van der Waals surface area contributed by atoms with Crippen LogP contribution in [0.2, 0.25) is 0 Å². The van der Waals surface area contributed by atoms with E-state index in [2.05, 4.69) is 11.2 Å². The van der Waals surface area contributed by atoms with E-state index >= 15 is 0 Å². The normalized spacial score (nSPS) is 15.8. The molecule has 0 amide bonds. The van der Waals surface area contributed by atoms with Gasteiger partial charge in [-0.2, -0.15) is 0 Å². The molecule has 0 unspecified atom stereocenters. The summed E-state index contributed by atoms with van der Waals surface area (Å²) in [6.45, 7) is 3.08. The van der Waals surface area contributed by atoms with Crippen LogP contribution in [0, 0.1) is 16.9 Å². The maximum absolute atomic E-state index is 11.5. The number of nitrogens with one attached hydrogen (secondary N) is 1. The van der Waals surface area contributed by atoms with Crippen molar-refractivity contribution in [2.75, 3.05) is 6.61 Å². The number of ether oxygens (including phenoxy) is 1. The van der Waals surface area contributed by atoms with Crippen LogP contribution in [0.3, 0.4) is 0 Å². The van der Waals surface area contributed by atoms with Crippen molar-refractivity contribution in [1.82, 2.24) is 9.55 Å². The summed E-state index contributed by atoms with van der Waals surface area (Å²) in [6, 6.07) is 0. The molecule has 1 aromatic heterocycles. The summed E-state index contributed by atoms with van der Waals surface area (Å²) in [6.07, 6.45) is 10.2. The van der Waals surface area contributed by atoms with Crippen LogP contribution in [-0.2, 0) is 17.9 Å². The Bertz CT molecular complexity index is 521. The molecule has 2 rings (SSSR count). The molecule has 1 saturated carbocycles. The van der Waals surface area contributed by atoms with Gasteiger partial charge in [-0.3, -0.25) is 0 Å². The van der Waals surface area contributed by atoms with Crippen molar-refractivity contribution in [2.24, 2.45) is 5.92 Å². The molecular formula is C14H21LiN2O2S. The largest absolute Gasteiger partial charge is 1.00 e. The zero-order valence-corrected chi connectivity index (χ0v) is 13.2. The van der Waals surface area contributed by atoms with E-state index in [0.717, 1.165) is 6.61 Å². The van der Waals surface area contributed by atoms with Crippen molar-refractivity contribution in [3.8, 4) is 0 Å². The fraction of sp³-hybridized carbons (Fsp3) is 0.714. The van der Waals surface area contributed by atoms with Gasteiger partial charge in [0.1, 0.15) is 12.3 Å². The molecule has 6 heteroatoms. The van der Waals surface area contributed by atoms with E-state index in [1.54, 1.807) is 4.57 Å². The molecule has 1 N–H and O–H groups in total. The summed E-state index contributed by atoms with van der Waals surface area (Å²) in [5.41, 5.74) is 0.478. The number of aromatic amines is 1. The first-order chi connectivity index (χ1) is 9.20. The Kier molecular flexibility index (Phi) is 7.82. The molecular weight excluding hydrogens is 267 g/mol. The van der Waals surface area contributed by atoms with Gasteiger partial charge in [0.2, 0.25) is 0 Å². The Morgan fingerprint density at radius 1 is 1.40 bits per heavy atom. The van der Waals surface area contributed by atoms with Crippen LogP contribution < -0.4 is 24.4 Å². The van der Waals surface area contributed by atoms with Crippen LogP contribution in [0.4, 0.5) is 0 Å². The number of rotatable bonds is 5. The second kappa shape index (κ2) is 8.84. The first-order valence-electron chi connectivity index (χ1n) is 7.03. The number of H-pyrrole nitrogens is 1. The standard InChI is InChI=1S/C14H21N2O2S.Li/c1-2-12-8-16(14(19)15-13(12)17)10-18-9-11-6-4-3-5-7-11;/h11H,2-7,9-10H2,1H3,(H,15,17,19);/q-1;+1. The van der Waals surface area contributed by atoms with E-state index in [1.165, 1.54) is 32.1 Å². The predicted molar refractivity (Wildman–Crippen MR) is 76.6 cm³/mol. The van der Waals surface area contributed by atoms with E-state index in [4.69, 9.17) is 17.0 Å². The zero-order chi connectivity index (χ0) is 13.7. The molecule has 0 aromatic carbocycles. The van der Waals surface area contributed by atoms with Crippen LogP contribution in [0.1, 0.15) is 44.6 Å². The van der Waals surface area contributed by atoms with Gasteiger partial charge in [0, 0.05) is 0 Å². The number of hydrogen-bond acceptors (Lipinski definition) is 3. The zero-order valence-electron chi connectivity index (χ0n) is 12.4. The summed E-state index contributed by atoms with van der Waals surface area (Å²) in [5.74, 6) is 0.677. The van der Waals surface area contributed by atoms with Crippen molar-refractivity contribution in [3.05, 3.63) is 26.9 Å². The molecule has 1 aliphatic carbocycles. The van der Waals surface area contributed by atoms with E-state index in [1.807, 2.05) is 6.92 Å². The predicted octanol–water partition coefficient (Wildman–Crippen LogP) is -0.173. The van der Waals surface area contributed by atoms with Crippen molar-refractivity contribution in [3.63, 3.8) is 0 Å². The number of aryl methyl sites for hydroxylation is 1. The Morgan fingerprint density at radius 3 is 2.75 bits per heavy atom. The van der Waals surface area contributed by atoms with Gasteiger partial charge in [-0.25, -0.2) is 0 Å². The average molecular weight is 288 g/mol. The van der Waals surface area contributed by atoms with Crippen LogP contribution in [0.25, 0.3) is 0 Å². The third-order valence-electron chi connectivity index (χ3n) is 3.66. The fourth-order valence-corrected chi connectivity index (χ4v) is 2.69. The van der Waals surface area contributed by atoms with E-state index in [9.17, 15) is 4.79 Å². The van der Waals surface area contributed by atoms with Gasteiger partial charge in [0.15, 0.2) is 0 Å². The van der Waals surface area contributed by atoms with E-state index < -0.39 is 0 Å². The maximum Gasteiger partial charge on any atom is 1.00 e. The van der Waals surface area contributed by atoms with Gasteiger partial charge in [-0.05, 0) is 25.2 Å². The van der Waals surface area contributed by atoms with Crippen LogP contribution in [-0.4, -0.2) is 16.2 Å². The maximum atomic E-state index is 11.5. The fourth-order valence-electron chi connectivity index (χ4n) is 2.50. The van der Waals surface area contributed by atoms with Gasteiger partial charge >= 0.3 is 18.9 Å². The molecule has 1 fully saturated rings. The van der Waals surface area contributed by atoms with E-state index in [0.29, 0.717) is 29.4 Å². The molecule has 4 nitrogen and oxygen atoms in total. The number of hydrogen-bond donors (Lipinski definition) is 1. The second-order valence-corrected chi connectivity index (χ2v) is 5.52. The first-order valence-corrected chi connectivity index (χ1v) is 7.44. The van der Waals surface area contributed by atoms with Gasteiger partial charge in [-0.1, -0.05) is 37.9 Å². The van der Waals surface area contributed by atoms with Gasteiger partial charge in [0.05, 0.1) is 11.4 Å². The molecule has 1 aliphatic rings. The molecule has 0 saturated heterocycles. The molecule has 20 heavy (non-hydrogen) atoms. The third kappa shape index (κ3) is 4.89. The molecule has 0 aliphatic heterocycles. The van der Waals surface area contributed by atoms with Crippen LogP contribution in [0.5, 0.6) is 0 Å².